The summed E-state index contributed by atoms with van der Waals surface area (Å²) in [6.45, 7) is 1.76. The summed E-state index contributed by atoms with van der Waals surface area (Å²) < 4.78 is 4.76. The number of aromatic carboxylic acids is 2. The van der Waals surface area contributed by atoms with Crippen LogP contribution in [0, 0.1) is 0 Å². The topological polar surface area (TPSA) is 133 Å². The molecule has 0 saturated carbocycles. The molecule has 0 heterocycles. The average molecular weight is 323 g/mol. The molecule has 0 atom stereocenters. The van der Waals surface area contributed by atoms with E-state index < -0.39 is 23.7 Å². The first-order valence-corrected chi connectivity index (χ1v) is 6.74. The van der Waals surface area contributed by atoms with Crippen LogP contribution in [-0.2, 0) is 9.53 Å². The van der Waals surface area contributed by atoms with Crippen LogP contribution >= 0.6 is 0 Å². The number of aliphatic hydroxyl groups is 1. The van der Waals surface area contributed by atoms with Gasteiger partial charge >= 0.3 is 17.9 Å². The van der Waals surface area contributed by atoms with Crippen LogP contribution in [0.4, 0.5) is 5.69 Å². The number of carboxylic acid groups (broad SMARTS) is 2. The molecule has 0 saturated heterocycles. The van der Waals surface area contributed by atoms with Crippen molar-refractivity contribution < 1.29 is 34.4 Å². The highest BCUT2D eigenvalue weighted by Crippen LogP contribution is 2.20. The van der Waals surface area contributed by atoms with E-state index >= 15 is 0 Å². The molecule has 4 N–H and O–H groups in total. The van der Waals surface area contributed by atoms with Crippen LogP contribution < -0.4 is 5.32 Å². The van der Waals surface area contributed by atoms with E-state index in [-0.39, 0.29) is 30.0 Å². The summed E-state index contributed by atoms with van der Waals surface area (Å²) in [6, 6.07) is 4.09. The molecule has 124 valence electrons. The monoisotopic (exact) mass is 323 g/mol. The Morgan fingerprint density at radius 2 is 1.87 bits per heavy atom. The van der Waals surface area contributed by atoms with E-state index in [0.717, 1.165) is 0 Å². The Morgan fingerprint density at radius 3 is 2.43 bits per heavy atom. The average Bonchev–Trinajstić information content (AvgIpc) is 2.52. The predicted octanol–water partition coefficient (Wildman–Crippen LogP) is 1.89. The van der Waals surface area contributed by atoms with Crippen molar-refractivity contribution in [3.05, 3.63) is 41.2 Å². The number of esters is 1. The lowest BCUT2D eigenvalue weighted by Gasteiger charge is -2.11. The van der Waals surface area contributed by atoms with Gasteiger partial charge in [-0.3, -0.25) is 0 Å². The number of hydrogen-bond acceptors (Lipinski definition) is 6. The van der Waals surface area contributed by atoms with E-state index in [1.54, 1.807) is 0 Å². The molecule has 0 unspecified atom stereocenters. The fraction of sp³-hybridized carbons (Fsp3) is 0.267. The molecule has 1 rings (SSSR count). The second kappa shape index (κ2) is 8.42. The number of carbonyl (C=O) groups excluding carboxylic acids is 1. The Kier molecular flexibility index (Phi) is 6.60. The van der Waals surface area contributed by atoms with E-state index in [0.29, 0.717) is 6.42 Å². The first kappa shape index (κ1) is 18.0. The van der Waals surface area contributed by atoms with E-state index in [1.807, 2.05) is 0 Å². The molecule has 0 fully saturated rings. The van der Waals surface area contributed by atoms with Gasteiger partial charge in [-0.05, 0) is 31.6 Å². The number of anilines is 1. The van der Waals surface area contributed by atoms with Crippen LogP contribution in [0.15, 0.2) is 30.0 Å². The lowest BCUT2D eigenvalue weighted by atomic mass is 10.1. The highest BCUT2D eigenvalue weighted by Gasteiger charge is 2.19. The van der Waals surface area contributed by atoms with E-state index in [4.69, 9.17) is 20.1 Å². The van der Waals surface area contributed by atoms with Gasteiger partial charge in [0.2, 0.25) is 0 Å². The molecule has 1 aromatic rings. The minimum absolute atomic E-state index is 0.0186. The fourth-order valence-electron chi connectivity index (χ4n) is 1.76. The number of carboxylic acids is 2. The normalized spacial score (nSPS) is 10.9. The first-order chi connectivity index (χ1) is 10.9. The van der Waals surface area contributed by atoms with Crippen LogP contribution in [-0.4, -0.2) is 46.4 Å². The number of rotatable bonds is 8. The number of carbonyl (C=O) groups is 3. The molecule has 0 aliphatic heterocycles. The van der Waals surface area contributed by atoms with Gasteiger partial charge in [-0.15, -0.1) is 0 Å². The van der Waals surface area contributed by atoms with Gasteiger partial charge < -0.3 is 25.4 Å². The zero-order valence-electron chi connectivity index (χ0n) is 12.4. The van der Waals surface area contributed by atoms with E-state index in [2.05, 4.69) is 5.32 Å². The molecular weight excluding hydrogens is 306 g/mol. The summed E-state index contributed by atoms with van der Waals surface area (Å²) in [5.74, 6) is -4.01. The largest absolute Gasteiger partial charge is 0.502 e. The third kappa shape index (κ3) is 5.03. The zero-order chi connectivity index (χ0) is 17.4. The molecule has 0 amide bonds. The number of ether oxygens (including phenoxy) is 1. The summed E-state index contributed by atoms with van der Waals surface area (Å²) in [5, 5.41) is 30.0. The van der Waals surface area contributed by atoms with Crippen molar-refractivity contribution in [2.45, 2.75) is 13.3 Å². The van der Waals surface area contributed by atoms with Gasteiger partial charge in [-0.2, -0.15) is 0 Å². The SMILES string of the molecule is CC=C(O)C(=O)OCCCNc1cccc(C(=O)O)c1C(=O)O. The second-order valence-corrected chi connectivity index (χ2v) is 4.43. The molecule has 0 radical (unpaired) electrons. The van der Waals surface area contributed by atoms with Crippen LogP contribution in [0.25, 0.3) is 0 Å². The Hall–Kier alpha value is -3.03. The quantitative estimate of drug-likeness (QED) is 0.247. The first-order valence-electron chi connectivity index (χ1n) is 6.74. The molecule has 23 heavy (non-hydrogen) atoms. The van der Waals surface area contributed by atoms with Crippen molar-refractivity contribution in [3.63, 3.8) is 0 Å². The maximum absolute atomic E-state index is 11.2. The number of aliphatic hydroxyl groups excluding tert-OH is 1. The molecule has 0 aliphatic carbocycles. The van der Waals surface area contributed by atoms with Crippen molar-refractivity contribution >= 4 is 23.6 Å². The maximum atomic E-state index is 11.2. The summed E-state index contributed by atoms with van der Waals surface area (Å²) in [4.78, 5) is 33.4. The number of benzene rings is 1. The van der Waals surface area contributed by atoms with Crippen molar-refractivity contribution in [1.82, 2.24) is 0 Å². The molecule has 0 aromatic heterocycles. The van der Waals surface area contributed by atoms with E-state index in [9.17, 15) is 14.4 Å². The van der Waals surface area contributed by atoms with Crippen LogP contribution in [0.2, 0.25) is 0 Å². The summed E-state index contributed by atoms with van der Waals surface area (Å²) in [7, 11) is 0. The summed E-state index contributed by atoms with van der Waals surface area (Å²) in [6.07, 6.45) is 1.55. The fourth-order valence-corrected chi connectivity index (χ4v) is 1.76. The van der Waals surface area contributed by atoms with Gasteiger partial charge in [0.25, 0.3) is 0 Å². The van der Waals surface area contributed by atoms with Crippen molar-refractivity contribution in [2.24, 2.45) is 0 Å². The predicted molar refractivity (Wildman–Crippen MR) is 80.8 cm³/mol. The van der Waals surface area contributed by atoms with Crippen LogP contribution in [0.1, 0.15) is 34.1 Å². The molecule has 8 heteroatoms. The lowest BCUT2D eigenvalue weighted by molar-refractivity contribution is -0.142. The Balaban J connectivity index is 2.62. The van der Waals surface area contributed by atoms with Gasteiger partial charge in [-0.1, -0.05) is 6.07 Å². The molecule has 1 aromatic carbocycles. The molecule has 0 aliphatic rings. The zero-order valence-corrected chi connectivity index (χ0v) is 12.4. The summed E-state index contributed by atoms with van der Waals surface area (Å²) >= 11 is 0. The third-order valence-corrected chi connectivity index (χ3v) is 2.86. The minimum Gasteiger partial charge on any atom is -0.502 e. The Bertz CT molecular complexity index is 637. The van der Waals surface area contributed by atoms with E-state index in [1.165, 1.54) is 31.2 Å². The van der Waals surface area contributed by atoms with Crippen LogP contribution in [0.3, 0.4) is 0 Å². The van der Waals surface area contributed by atoms with Crippen molar-refractivity contribution in [1.29, 1.82) is 0 Å². The number of allylic oxidation sites excluding steroid dienone is 1. The molecule has 0 bridgehead atoms. The number of hydrogen-bond donors (Lipinski definition) is 4. The van der Waals surface area contributed by atoms with Crippen molar-refractivity contribution in [3.8, 4) is 0 Å². The highest BCUT2D eigenvalue weighted by atomic mass is 16.5. The standard InChI is InChI=1S/C15H17NO7/c1-2-11(17)15(22)23-8-4-7-16-10-6-3-5-9(13(18)19)12(10)14(20)21/h2-3,5-6,16-17H,4,7-8H2,1H3,(H,18,19)(H,20,21). The Labute approximate surface area is 132 Å². The lowest BCUT2D eigenvalue weighted by Crippen LogP contribution is -2.15. The minimum atomic E-state index is -1.35. The molecule has 8 nitrogen and oxygen atoms in total. The number of nitrogens with one attached hydrogen (secondary N) is 1. The smallest absolute Gasteiger partial charge is 0.373 e. The van der Waals surface area contributed by atoms with Crippen LogP contribution in [0.5, 0.6) is 0 Å². The van der Waals surface area contributed by atoms with Gasteiger partial charge in [0, 0.05) is 12.2 Å². The maximum Gasteiger partial charge on any atom is 0.373 e. The Morgan fingerprint density at radius 1 is 1.17 bits per heavy atom. The van der Waals surface area contributed by atoms with Gasteiger partial charge in [0.15, 0.2) is 5.76 Å². The van der Waals surface area contributed by atoms with Crippen molar-refractivity contribution in [2.75, 3.05) is 18.5 Å². The second-order valence-electron chi connectivity index (χ2n) is 4.43. The third-order valence-electron chi connectivity index (χ3n) is 2.86. The molecular formula is C15H17NO7. The van der Waals surface area contributed by atoms with Gasteiger partial charge in [0.1, 0.15) is 0 Å². The summed E-state index contributed by atoms with van der Waals surface area (Å²) in [5.41, 5.74) is -0.476. The highest BCUT2D eigenvalue weighted by molar-refractivity contribution is 6.05. The van der Waals surface area contributed by atoms with Gasteiger partial charge in [0.05, 0.1) is 17.7 Å². The van der Waals surface area contributed by atoms with Gasteiger partial charge in [-0.25, -0.2) is 14.4 Å². The molecule has 0 spiro atoms.